The largest absolute Gasteiger partial charge is 0.494 e. The van der Waals surface area contributed by atoms with Crippen molar-refractivity contribution in [3.05, 3.63) is 29.8 Å². The second-order valence-electron chi connectivity index (χ2n) is 5.86. The van der Waals surface area contributed by atoms with Crippen LogP contribution < -0.4 is 10.2 Å². The molecule has 1 saturated heterocycles. The zero-order valence-corrected chi connectivity index (χ0v) is 13.1. The minimum absolute atomic E-state index is 0.278. The van der Waals surface area contributed by atoms with Crippen LogP contribution in [0.2, 0.25) is 0 Å². The molecule has 104 valence electrons. The molecule has 0 aromatic heterocycles. The third kappa shape index (κ3) is 3.16. The molecule has 0 unspecified atom stereocenters. The quantitative estimate of drug-likeness (QED) is 0.677. The van der Waals surface area contributed by atoms with Crippen LogP contribution in [0.25, 0.3) is 0 Å². The summed E-state index contributed by atoms with van der Waals surface area (Å²) in [4.78, 5) is 0. The topological polar surface area (TPSA) is 30.5 Å². The van der Waals surface area contributed by atoms with Crippen molar-refractivity contribution in [2.75, 3.05) is 6.26 Å². The van der Waals surface area contributed by atoms with E-state index in [4.69, 9.17) is 9.31 Å². The molecule has 3 nitrogen and oxygen atoms in total. The van der Waals surface area contributed by atoms with Crippen LogP contribution in [0.5, 0.6) is 0 Å². The van der Waals surface area contributed by atoms with Gasteiger partial charge in [0.1, 0.15) is 0 Å². The van der Waals surface area contributed by atoms with Gasteiger partial charge in [0.2, 0.25) is 0 Å². The molecule has 0 amide bonds. The minimum Gasteiger partial charge on any atom is -0.399 e. The molecule has 19 heavy (non-hydrogen) atoms. The van der Waals surface area contributed by atoms with Crippen LogP contribution in [0.4, 0.5) is 0 Å². The highest BCUT2D eigenvalue weighted by molar-refractivity contribution is 7.96. The summed E-state index contributed by atoms with van der Waals surface area (Å²) in [5, 5.41) is 0. The predicted molar refractivity (Wildman–Crippen MR) is 82.5 cm³/mol. The van der Waals surface area contributed by atoms with E-state index >= 15 is 0 Å². The summed E-state index contributed by atoms with van der Waals surface area (Å²) in [5.41, 5.74) is 1.75. The molecule has 0 radical (unpaired) electrons. The Balaban J connectivity index is 2.15. The number of hydrogen-bond acceptors (Lipinski definition) is 4. The fraction of sp³-hybridized carbons (Fsp3) is 0.571. The summed E-state index contributed by atoms with van der Waals surface area (Å²) in [6, 6.07) is 8.37. The van der Waals surface area contributed by atoms with Crippen molar-refractivity contribution >= 4 is 24.5 Å². The van der Waals surface area contributed by atoms with Gasteiger partial charge in [0.25, 0.3) is 0 Å². The lowest BCUT2D eigenvalue weighted by molar-refractivity contribution is 0.00578. The van der Waals surface area contributed by atoms with E-state index in [2.05, 4.69) is 56.7 Å². The monoisotopic (exact) mass is 279 g/mol. The molecule has 0 saturated carbocycles. The Labute approximate surface area is 120 Å². The van der Waals surface area contributed by atoms with Crippen LogP contribution in [-0.4, -0.2) is 24.6 Å². The van der Waals surface area contributed by atoms with Crippen LogP contribution in [0, 0.1) is 0 Å². The molecule has 0 aliphatic carbocycles. The lowest BCUT2D eigenvalue weighted by atomic mass is 9.78. The summed E-state index contributed by atoms with van der Waals surface area (Å²) < 4.78 is 15.4. The Morgan fingerprint density at radius 3 is 2.37 bits per heavy atom. The van der Waals surface area contributed by atoms with Crippen molar-refractivity contribution in [2.45, 2.75) is 45.4 Å². The zero-order chi connectivity index (χ0) is 14.1. The molecule has 1 aliphatic heterocycles. The van der Waals surface area contributed by atoms with Gasteiger partial charge in [0.15, 0.2) is 0 Å². The Bertz CT molecular complexity index is 435. The van der Waals surface area contributed by atoms with Crippen molar-refractivity contribution in [1.29, 1.82) is 0 Å². The molecule has 1 fully saturated rings. The SMILES string of the molecule is CSNCc1cccc(B2OC(C)(C)C(C)(C)O2)c1. The number of rotatable bonds is 4. The van der Waals surface area contributed by atoms with Gasteiger partial charge in [-0.15, -0.1) is 0 Å². The Morgan fingerprint density at radius 1 is 1.16 bits per heavy atom. The average Bonchev–Trinajstić information content (AvgIpc) is 2.56. The van der Waals surface area contributed by atoms with E-state index in [0.29, 0.717) is 0 Å². The Kier molecular flexibility index (Phi) is 4.30. The van der Waals surface area contributed by atoms with Crippen molar-refractivity contribution in [1.82, 2.24) is 4.72 Å². The highest BCUT2D eigenvalue weighted by Gasteiger charge is 2.51. The Hall–Kier alpha value is -0.485. The lowest BCUT2D eigenvalue weighted by Gasteiger charge is -2.32. The Morgan fingerprint density at radius 2 is 1.79 bits per heavy atom. The van der Waals surface area contributed by atoms with E-state index in [1.807, 2.05) is 6.26 Å². The second-order valence-corrected chi connectivity index (χ2v) is 6.56. The maximum absolute atomic E-state index is 6.06. The fourth-order valence-electron chi connectivity index (χ4n) is 1.98. The van der Waals surface area contributed by atoms with E-state index in [0.717, 1.165) is 12.0 Å². The van der Waals surface area contributed by atoms with E-state index in [1.165, 1.54) is 5.56 Å². The first kappa shape index (κ1) is 14.9. The molecule has 1 aromatic carbocycles. The van der Waals surface area contributed by atoms with Gasteiger partial charge in [0.05, 0.1) is 11.2 Å². The van der Waals surface area contributed by atoms with E-state index in [1.54, 1.807) is 11.9 Å². The summed E-state index contributed by atoms with van der Waals surface area (Å²) in [5.74, 6) is 0. The number of benzene rings is 1. The van der Waals surface area contributed by atoms with Crippen molar-refractivity contribution in [3.63, 3.8) is 0 Å². The molecular weight excluding hydrogens is 257 g/mol. The molecule has 2 rings (SSSR count). The van der Waals surface area contributed by atoms with Crippen LogP contribution in [-0.2, 0) is 15.9 Å². The maximum Gasteiger partial charge on any atom is 0.494 e. The van der Waals surface area contributed by atoms with E-state index in [9.17, 15) is 0 Å². The van der Waals surface area contributed by atoms with Crippen molar-refractivity contribution in [2.24, 2.45) is 0 Å². The van der Waals surface area contributed by atoms with E-state index in [-0.39, 0.29) is 18.3 Å². The second kappa shape index (κ2) is 5.48. The van der Waals surface area contributed by atoms with Crippen LogP contribution in [0.3, 0.4) is 0 Å². The molecule has 1 aliphatic rings. The summed E-state index contributed by atoms with van der Waals surface area (Å²) in [6.45, 7) is 9.14. The highest BCUT2D eigenvalue weighted by Crippen LogP contribution is 2.36. The normalized spacial score (nSPS) is 20.8. The van der Waals surface area contributed by atoms with Gasteiger partial charge in [-0.1, -0.05) is 36.2 Å². The number of hydrogen-bond donors (Lipinski definition) is 1. The molecular formula is C14H22BNO2S. The first-order valence-electron chi connectivity index (χ1n) is 6.56. The summed E-state index contributed by atoms with van der Waals surface area (Å²) >= 11 is 1.62. The molecule has 0 bridgehead atoms. The van der Waals surface area contributed by atoms with Gasteiger partial charge in [-0.2, -0.15) is 0 Å². The van der Waals surface area contributed by atoms with Crippen LogP contribution in [0.1, 0.15) is 33.3 Å². The van der Waals surface area contributed by atoms with Gasteiger partial charge in [-0.25, -0.2) is 0 Å². The number of nitrogens with one attached hydrogen (secondary N) is 1. The summed E-state index contributed by atoms with van der Waals surface area (Å²) in [7, 11) is -0.278. The maximum atomic E-state index is 6.06. The molecule has 1 heterocycles. The first-order chi connectivity index (χ1) is 8.86. The predicted octanol–water partition coefficient (Wildman–Crippen LogP) is 2.35. The standard InChI is InChI=1S/C14H22BNO2S/c1-13(2)14(3,4)18-15(17-13)12-8-6-7-11(9-12)10-16-19-5/h6-9,16H,10H2,1-5H3. The van der Waals surface area contributed by atoms with Gasteiger partial charge >= 0.3 is 7.12 Å². The third-order valence-electron chi connectivity index (χ3n) is 3.90. The lowest BCUT2D eigenvalue weighted by Crippen LogP contribution is -2.41. The molecule has 0 spiro atoms. The third-order valence-corrected chi connectivity index (χ3v) is 4.33. The van der Waals surface area contributed by atoms with Crippen molar-refractivity contribution < 1.29 is 9.31 Å². The molecule has 1 aromatic rings. The highest BCUT2D eigenvalue weighted by atomic mass is 32.2. The first-order valence-corrected chi connectivity index (χ1v) is 7.78. The van der Waals surface area contributed by atoms with E-state index < -0.39 is 0 Å². The molecule has 0 atom stereocenters. The van der Waals surface area contributed by atoms with Crippen LogP contribution in [0.15, 0.2) is 24.3 Å². The van der Waals surface area contributed by atoms with Crippen molar-refractivity contribution in [3.8, 4) is 0 Å². The molecule has 5 heteroatoms. The summed E-state index contributed by atoms with van der Waals surface area (Å²) in [6.07, 6.45) is 2.03. The average molecular weight is 279 g/mol. The van der Waals surface area contributed by atoms with Gasteiger partial charge < -0.3 is 9.31 Å². The van der Waals surface area contributed by atoms with Gasteiger partial charge in [-0.05, 0) is 45.0 Å². The van der Waals surface area contributed by atoms with Crippen LogP contribution >= 0.6 is 11.9 Å². The fourth-order valence-corrected chi connectivity index (χ4v) is 2.30. The molecule has 1 N–H and O–H groups in total. The van der Waals surface area contributed by atoms with Gasteiger partial charge in [0, 0.05) is 6.54 Å². The smallest absolute Gasteiger partial charge is 0.399 e. The van der Waals surface area contributed by atoms with Gasteiger partial charge in [-0.3, -0.25) is 4.72 Å². The zero-order valence-electron chi connectivity index (χ0n) is 12.3. The minimum atomic E-state index is -0.287.